The Balaban J connectivity index is 2.05. The standard InChI is InChI=1S/C16H17NO2/c1-10(11-6-7-11)17-15-9-8-14(16(18)19)12-4-2-3-5-13(12)15/h2-5,8-11,17H,6-7H2,1H3,(H,18,19). The first-order valence-corrected chi connectivity index (χ1v) is 6.68. The molecule has 1 atom stereocenters. The summed E-state index contributed by atoms with van der Waals surface area (Å²) in [6, 6.07) is 11.7. The molecule has 0 radical (unpaired) electrons. The minimum atomic E-state index is -0.877. The SMILES string of the molecule is CC(Nc1ccc(C(=O)O)c2ccccc12)C1CC1. The molecule has 3 nitrogen and oxygen atoms in total. The van der Waals surface area contributed by atoms with Crippen LogP contribution in [0.3, 0.4) is 0 Å². The minimum Gasteiger partial charge on any atom is -0.478 e. The number of hydrogen-bond donors (Lipinski definition) is 2. The molecule has 3 heteroatoms. The van der Waals surface area contributed by atoms with Gasteiger partial charge in [0.1, 0.15) is 0 Å². The van der Waals surface area contributed by atoms with E-state index in [-0.39, 0.29) is 0 Å². The lowest BCUT2D eigenvalue weighted by Gasteiger charge is -2.17. The molecule has 2 aromatic carbocycles. The molecule has 0 saturated heterocycles. The molecule has 1 fully saturated rings. The van der Waals surface area contributed by atoms with Crippen molar-refractivity contribution in [1.29, 1.82) is 0 Å². The summed E-state index contributed by atoms with van der Waals surface area (Å²) in [5.74, 6) is -0.115. The van der Waals surface area contributed by atoms with Crippen LogP contribution in [0.2, 0.25) is 0 Å². The van der Waals surface area contributed by atoms with Gasteiger partial charge in [-0.1, -0.05) is 24.3 Å². The summed E-state index contributed by atoms with van der Waals surface area (Å²) < 4.78 is 0. The molecule has 1 saturated carbocycles. The molecule has 1 unspecified atom stereocenters. The van der Waals surface area contributed by atoms with Gasteiger partial charge in [-0.15, -0.1) is 0 Å². The van der Waals surface area contributed by atoms with Crippen molar-refractivity contribution in [3.63, 3.8) is 0 Å². The molecule has 3 rings (SSSR count). The van der Waals surface area contributed by atoms with Crippen LogP contribution in [0.4, 0.5) is 5.69 Å². The van der Waals surface area contributed by atoms with Crippen LogP contribution in [0, 0.1) is 5.92 Å². The average molecular weight is 255 g/mol. The van der Waals surface area contributed by atoms with Crippen LogP contribution in [0.1, 0.15) is 30.1 Å². The molecule has 0 spiro atoms. The topological polar surface area (TPSA) is 49.3 Å². The van der Waals surface area contributed by atoms with E-state index in [1.54, 1.807) is 6.07 Å². The number of fused-ring (bicyclic) bond motifs is 1. The highest BCUT2D eigenvalue weighted by Crippen LogP contribution is 2.35. The second-order valence-corrected chi connectivity index (χ2v) is 5.28. The van der Waals surface area contributed by atoms with Crippen LogP contribution in [-0.2, 0) is 0 Å². The number of benzene rings is 2. The van der Waals surface area contributed by atoms with E-state index in [0.29, 0.717) is 11.6 Å². The maximum absolute atomic E-state index is 11.2. The quantitative estimate of drug-likeness (QED) is 0.874. The minimum absolute atomic E-state index is 0.361. The van der Waals surface area contributed by atoms with E-state index < -0.39 is 5.97 Å². The Hall–Kier alpha value is -2.03. The number of carboxylic acid groups (broad SMARTS) is 1. The summed E-state index contributed by atoms with van der Waals surface area (Å²) >= 11 is 0. The molecule has 1 aliphatic rings. The second-order valence-electron chi connectivity index (χ2n) is 5.28. The van der Waals surface area contributed by atoms with Crippen LogP contribution in [0.5, 0.6) is 0 Å². The van der Waals surface area contributed by atoms with Gasteiger partial charge in [0, 0.05) is 17.1 Å². The van der Waals surface area contributed by atoms with Gasteiger partial charge in [-0.05, 0) is 43.2 Å². The zero-order valence-electron chi connectivity index (χ0n) is 10.9. The Labute approximate surface area is 112 Å². The number of nitrogens with one attached hydrogen (secondary N) is 1. The molecule has 0 bridgehead atoms. The van der Waals surface area contributed by atoms with Crippen molar-refractivity contribution in [1.82, 2.24) is 0 Å². The number of rotatable bonds is 4. The molecule has 0 heterocycles. The number of carbonyl (C=O) groups is 1. The molecule has 0 aliphatic heterocycles. The lowest BCUT2D eigenvalue weighted by molar-refractivity contribution is 0.0699. The van der Waals surface area contributed by atoms with Crippen LogP contribution in [0.25, 0.3) is 10.8 Å². The molecule has 1 aliphatic carbocycles. The van der Waals surface area contributed by atoms with Gasteiger partial charge in [-0.2, -0.15) is 0 Å². The van der Waals surface area contributed by atoms with Crippen molar-refractivity contribution >= 4 is 22.4 Å². The number of hydrogen-bond acceptors (Lipinski definition) is 2. The van der Waals surface area contributed by atoms with E-state index >= 15 is 0 Å². The molecule has 2 N–H and O–H groups in total. The molecule has 0 amide bonds. The normalized spacial score (nSPS) is 16.3. The summed E-state index contributed by atoms with van der Waals surface area (Å²) in [4.78, 5) is 11.2. The van der Waals surface area contributed by atoms with Gasteiger partial charge in [0.05, 0.1) is 5.56 Å². The maximum atomic E-state index is 11.2. The van der Waals surface area contributed by atoms with Gasteiger partial charge in [-0.25, -0.2) is 4.79 Å². The van der Waals surface area contributed by atoms with Gasteiger partial charge in [-0.3, -0.25) is 0 Å². The molecule has 98 valence electrons. The summed E-state index contributed by atoms with van der Waals surface area (Å²) in [6.07, 6.45) is 2.58. The fourth-order valence-corrected chi connectivity index (χ4v) is 2.57. The predicted octanol–water partition coefficient (Wildman–Crippen LogP) is 3.75. The van der Waals surface area contributed by atoms with Gasteiger partial charge >= 0.3 is 5.97 Å². The summed E-state index contributed by atoms with van der Waals surface area (Å²) in [7, 11) is 0. The number of anilines is 1. The Morgan fingerprint density at radius 3 is 2.53 bits per heavy atom. The third-order valence-corrected chi connectivity index (χ3v) is 3.87. The zero-order chi connectivity index (χ0) is 13.4. The first-order chi connectivity index (χ1) is 9.16. The fourth-order valence-electron chi connectivity index (χ4n) is 2.57. The van der Waals surface area contributed by atoms with Crippen molar-refractivity contribution in [2.24, 2.45) is 5.92 Å². The highest BCUT2D eigenvalue weighted by Gasteiger charge is 2.28. The first kappa shape index (κ1) is 12.0. The molecule has 2 aromatic rings. The monoisotopic (exact) mass is 255 g/mol. The molecule has 0 aromatic heterocycles. The van der Waals surface area contributed by atoms with E-state index in [1.165, 1.54) is 12.8 Å². The van der Waals surface area contributed by atoms with Crippen LogP contribution in [0.15, 0.2) is 36.4 Å². The second kappa shape index (κ2) is 4.57. The van der Waals surface area contributed by atoms with Gasteiger partial charge in [0.2, 0.25) is 0 Å². The van der Waals surface area contributed by atoms with Gasteiger partial charge < -0.3 is 10.4 Å². The van der Waals surface area contributed by atoms with Crippen molar-refractivity contribution < 1.29 is 9.90 Å². The lowest BCUT2D eigenvalue weighted by Crippen LogP contribution is -2.17. The zero-order valence-corrected chi connectivity index (χ0v) is 10.9. The number of aromatic carboxylic acids is 1. The Kier molecular flexibility index (Phi) is 2.90. The van der Waals surface area contributed by atoms with E-state index in [1.807, 2.05) is 30.3 Å². The van der Waals surface area contributed by atoms with Crippen molar-refractivity contribution in [3.05, 3.63) is 42.0 Å². The molecular weight excluding hydrogens is 238 g/mol. The molecular formula is C16H17NO2. The van der Waals surface area contributed by atoms with Crippen LogP contribution in [-0.4, -0.2) is 17.1 Å². The Morgan fingerprint density at radius 1 is 1.21 bits per heavy atom. The van der Waals surface area contributed by atoms with Crippen LogP contribution >= 0.6 is 0 Å². The third-order valence-electron chi connectivity index (χ3n) is 3.87. The first-order valence-electron chi connectivity index (χ1n) is 6.68. The third kappa shape index (κ3) is 2.28. The maximum Gasteiger partial charge on any atom is 0.336 e. The summed E-state index contributed by atoms with van der Waals surface area (Å²) in [5.41, 5.74) is 1.39. The highest BCUT2D eigenvalue weighted by atomic mass is 16.4. The van der Waals surface area contributed by atoms with Crippen LogP contribution < -0.4 is 5.32 Å². The molecule has 19 heavy (non-hydrogen) atoms. The number of carboxylic acids is 1. The van der Waals surface area contributed by atoms with E-state index in [9.17, 15) is 9.90 Å². The smallest absolute Gasteiger partial charge is 0.336 e. The van der Waals surface area contributed by atoms with Gasteiger partial charge in [0.25, 0.3) is 0 Å². The summed E-state index contributed by atoms with van der Waals surface area (Å²) in [6.45, 7) is 2.19. The summed E-state index contributed by atoms with van der Waals surface area (Å²) in [5, 5.41) is 14.5. The Bertz CT molecular complexity index is 632. The predicted molar refractivity (Wildman–Crippen MR) is 76.7 cm³/mol. The average Bonchev–Trinajstić information content (AvgIpc) is 3.23. The Morgan fingerprint density at radius 2 is 1.89 bits per heavy atom. The van der Waals surface area contributed by atoms with Crippen molar-refractivity contribution in [2.75, 3.05) is 5.32 Å². The van der Waals surface area contributed by atoms with Gasteiger partial charge in [0.15, 0.2) is 0 Å². The highest BCUT2D eigenvalue weighted by molar-refractivity contribution is 6.07. The van der Waals surface area contributed by atoms with E-state index in [0.717, 1.165) is 22.4 Å². The van der Waals surface area contributed by atoms with Crippen molar-refractivity contribution in [3.8, 4) is 0 Å². The van der Waals surface area contributed by atoms with E-state index in [4.69, 9.17) is 0 Å². The van der Waals surface area contributed by atoms with Crippen molar-refractivity contribution in [2.45, 2.75) is 25.8 Å². The van der Waals surface area contributed by atoms with E-state index in [2.05, 4.69) is 12.2 Å². The largest absolute Gasteiger partial charge is 0.478 e. The fraction of sp³-hybridized carbons (Fsp3) is 0.312. The lowest BCUT2D eigenvalue weighted by atomic mass is 10.0.